The van der Waals surface area contributed by atoms with E-state index in [0.29, 0.717) is 0 Å². The van der Waals surface area contributed by atoms with E-state index in [9.17, 15) is 0 Å². The molecule has 1 aliphatic carbocycles. The Hall–Kier alpha value is -7.76. The molecule has 0 amide bonds. The maximum atomic E-state index is 4.77. The summed E-state index contributed by atoms with van der Waals surface area (Å²) in [5.41, 5.74) is 12.2. The minimum Gasteiger partial charge on any atom is -0.333 e. The topological polar surface area (TPSA) is 37.2 Å². The highest BCUT2D eigenvalue weighted by atomic mass is 15.5. The molecule has 5 nitrogen and oxygen atoms in total. The molecule has 1 aromatic heterocycles. The van der Waals surface area contributed by atoms with Crippen molar-refractivity contribution in [3.8, 4) is 16.8 Å². The van der Waals surface area contributed by atoms with Crippen LogP contribution in [0.3, 0.4) is 0 Å². The van der Waals surface area contributed by atoms with Crippen LogP contribution >= 0.6 is 0 Å². The third-order valence-corrected chi connectivity index (χ3v) is 12.1. The standard InChI is InChI=1S/C54H37N5/c1-3-13-36(14-4-1)37-23-24-39-34-43(26-25-38(39)33-37)57(41-27-29-42(30-28-41)59-55-50-21-11-12-22-51(50)56-59)44-31-32-49-52(35-44)58(40-15-5-2-6-16-40)54-48-20-10-8-18-46(48)45-17-7-9-19-47(45)53(49)54/h1-35,49,52H. The Kier molecular flexibility index (Phi) is 7.60. The summed E-state index contributed by atoms with van der Waals surface area (Å²) >= 11 is 0. The van der Waals surface area contributed by atoms with Crippen LogP contribution in [0.2, 0.25) is 0 Å². The van der Waals surface area contributed by atoms with Gasteiger partial charge in [-0.3, -0.25) is 0 Å². The molecular formula is C54H37N5. The van der Waals surface area contributed by atoms with E-state index < -0.39 is 0 Å². The average Bonchev–Trinajstić information content (AvgIpc) is 3.90. The maximum Gasteiger partial charge on any atom is 0.113 e. The van der Waals surface area contributed by atoms with Gasteiger partial charge >= 0.3 is 0 Å². The number of benzene rings is 9. The quantitative estimate of drug-likeness (QED) is 0.158. The van der Waals surface area contributed by atoms with Gasteiger partial charge in [0.15, 0.2) is 0 Å². The summed E-state index contributed by atoms with van der Waals surface area (Å²) in [4.78, 5) is 6.71. The Morgan fingerprint density at radius 1 is 0.458 bits per heavy atom. The lowest BCUT2D eigenvalue weighted by atomic mass is 9.85. The van der Waals surface area contributed by atoms with Crippen molar-refractivity contribution in [2.75, 3.05) is 9.80 Å². The lowest BCUT2D eigenvalue weighted by Gasteiger charge is -2.34. The first-order valence-corrected chi connectivity index (χ1v) is 20.2. The lowest BCUT2D eigenvalue weighted by molar-refractivity contribution is 0.738. The molecule has 0 N–H and O–H groups in total. The summed E-state index contributed by atoms with van der Waals surface area (Å²) in [7, 11) is 0. The molecule has 0 saturated heterocycles. The zero-order valence-corrected chi connectivity index (χ0v) is 32.1. The number of nitrogens with zero attached hydrogens (tertiary/aromatic N) is 5. The number of para-hydroxylation sites is 1. The van der Waals surface area contributed by atoms with E-state index >= 15 is 0 Å². The molecule has 278 valence electrons. The Morgan fingerprint density at radius 2 is 1.05 bits per heavy atom. The number of anilines is 4. The van der Waals surface area contributed by atoms with Crippen LogP contribution in [0.15, 0.2) is 218 Å². The van der Waals surface area contributed by atoms with Crippen molar-refractivity contribution in [3.05, 3.63) is 224 Å². The molecule has 2 unspecified atom stereocenters. The highest BCUT2D eigenvalue weighted by Gasteiger charge is 2.41. The smallest absolute Gasteiger partial charge is 0.113 e. The molecule has 0 spiro atoms. The van der Waals surface area contributed by atoms with Gasteiger partial charge in [-0.05, 0) is 123 Å². The van der Waals surface area contributed by atoms with Gasteiger partial charge in [0, 0.05) is 34.1 Å². The Balaban J connectivity index is 1.02. The molecule has 0 radical (unpaired) electrons. The van der Waals surface area contributed by atoms with E-state index in [0.717, 1.165) is 33.8 Å². The zero-order valence-electron chi connectivity index (χ0n) is 32.1. The van der Waals surface area contributed by atoms with Crippen LogP contribution in [0.4, 0.5) is 22.7 Å². The predicted octanol–water partition coefficient (Wildman–Crippen LogP) is 13.4. The molecule has 0 saturated carbocycles. The van der Waals surface area contributed by atoms with Gasteiger partial charge in [0.2, 0.25) is 0 Å². The second kappa shape index (κ2) is 13.4. The first kappa shape index (κ1) is 33.4. The first-order chi connectivity index (χ1) is 29.2. The van der Waals surface area contributed by atoms with E-state index in [1.165, 1.54) is 60.4 Å². The number of hydrogen-bond acceptors (Lipinski definition) is 4. The van der Waals surface area contributed by atoms with Crippen LogP contribution < -0.4 is 9.80 Å². The van der Waals surface area contributed by atoms with E-state index in [2.05, 4.69) is 198 Å². The normalized spacial score (nSPS) is 15.8. The second-order valence-electron chi connectivity index (χ2n) is 15.5. The minimum atomic E-state index is 0.0398. The van der Waals surface area contributed by atoms with Gasteiger partial charge in [-0.15, -0.1) is 10.2 Å². The van der Waals surface area contributed by atoms with E-state index in [1.807, 2.05) is 24.3 Å². The van der Waals surface area contributed by atoms with Gasteiger partial charge in [0.05, 0.1) is 17.4 Å². The molecule has 2 heterocycles. The lowest BCUT2D eigenvalue weighted by Crippen LogP contribution is -2.31. The van der Waals surface area contributed by atoms with Crippen molar-refractivity contribution in [1.29, 1.82) is 0 Å². The summed E-state index contributed by atoms with van der Waals surface area (Å²) in [6.07, 6.45) is 7.26. The third-order valence-electron chi connectivity index (χ3n) is 12.1. The molecule has 59 heavy (non-hydrogen) atoms. The predicted molar refractivity (Wildman–Crippen MR) is 244 cm³/mol. The highest BCUT2D eigenvalue weighted by molar-refractivity contribution is 6.17. The molecule has 9 aromatic carbocycles. The van der Waals surface area contributed by atoms with Crippen molar-refractivity contribution in [1.82, 2.24) is 15.0 Å². The maximum absolute atomic E-state index is 4.77. The number of fused-ring (bicyclic) bond motifs is 10. The highest BCUT2D eigenvalue weighted by Crippen LogP contribution is 2.55. The summed E-state index contributed by atoms with van der Waals surface area (Å²) in [6.45, 7) is 0. The van der Waals surface area contributed by atoms with Crippen molar-refractivity contribution >= 4 is 66.1 Å². The van der Waals surface area contributed by atoms with Gasteiger partial charge in [-0.2, -0.15) is 4.80 Å². The fraction of sp³-hybridized carbons (Fsp3) is 0.0370. The molecule has 2 aliphatic rings. The molecule has 2 atom stereocenters. The number of allylic oxidation sites excluding steroid dienone is 1. The second-order valence-corrected chi connectivity index (χ2v) is 15.5. The Morgan fingerprint density at radius 3 is 1.80 bits per heavy atom. The molecule has 0 bridgehead atoms. The Labute approximate surface area is 342 Å². The van der Waals surface area contributed by atoms with E-state index in [1.54, 1.807) is 4.80 Å². The monoisotopic (exact) mass is 755 g/mol. The van der Waals surface area contributed by atoms with Gasteiger partial charge in [-0.1, -0.05) is 133 Å². The fourth-order valence-electron chi connectivity index (χ4n) is 9.43. The SMILES string of the molecule is C1=CC2c3c(c4ccccc4c4ccccc34)N(c3ccccc3)C2C=C1N(c1ccc(-n2nc3ccccc3n2)cc1)c1ccc2cc(-c3ccccc3)ccc2c1. The van der Waals surface area contributed by atoms with Crippen molar-refractivity contribution in [2.45, 2.75) is 12.0 Å². The van der Waals surface area contributed by atoms with E-state index in [4.69, 9.17) is 10.2 Å². The Bertz CT molecular complexity index is 3260. The summed E-state index contributed by atoms with van der Waals surface area (Å²) in [5.74, 6) is 0.153. The van der Waals surface area contributed by atoms with Gasteiger partial charge in [-0.25, -0.2) is 0 Å². The fourth-order valence-corrected chi connectivity index (χ4v) is 9.43. The van der Waals surface area contributed by atoms with Gasteiger partial charge in [0.1, 0.15) is 11.0 Å². The number of rotatable bonds is 6. The number of hydrogen-bond donors (Lipinski definition) is 0. The van der Waals surface area contributed by atoms with Crippen LogP contribution in [0.5, 0.6) is 0 Å². The van der Waals surface area contributed by atoms with Crippen LogP contribution in [0, 0.1) is 0 Å². The zero-order chi connectivity index (χ0) is 38.9. The van der Waals surface area contributed by atoms with Gasteiger partial charge in [0.25, 0.3) is 0 Å². The molecular weight excluding hydrogens is 719 g/mol. The summed E-state index contributed by atoms with van der Waals surface area (Å²) in [5, 5.41) is 17.1. The largest absolute Gasteiger partial charge is 0.333 e. The van der Waals surface area contributed by atoms with E-state index in [-0.39, 0.29) is 12.0 Å². The van der Waals surface area contributed by atoms with Crippen molar-refractivity contribution in [2.24, 2.45) is 0 Å². The van der Waals surface area contributed by atoms with Crippen molar-refractivity contribution in [3.63, 3.8) is 0 Å². The molecule has 0 fully saturated rings. The van der Waals surface area contributed by atoms with Crippen LogP contribution in [-0.2, 0) is 0 Å². The van der Waals surface area contributed by atoms with Crippen LogP contribution in [0.25, 0.3) is 60.2 Å². The van der Waals surface area contributed by atoms with Crippen molar-refractivity contribution < 1.29 is 0 Å². The minimum absolute atomic E-state index is 0.0398. The number of aromatic nitrogens is 3. The molecule has 1 aliphatic heterocycles. The molecule has 10 aromatic rings. The molecule has 12 rings (SSSR count). The first-order valence-electron chi connectivity index (χ1n) is 20.2. The van der Waals surface area contributed by atoms with Gasteiger partial charge < -0.3 is 9.80 Å². The molecule has 5 heteroatoms. The summed E-state index contributed by atoms with van der Waals surface area (Å²) in [6, 6.07) is 69.6. The third kappa shape index (κ3) is 5.47. The average molecular weight is 756 g/mol. The summed E-state index contributed by atoms with van der Waals surface area (Å²) < 4.78 is 0. The van der Waals surface area contributed by atoms with Crippen LogP contribution in [0.1, 0.15) is 11.5 Å². The van der Waals surface area contributed by atoms with Crippen LogP contribution in [-0.4, -0.2) is 21.0 Å².